The summed E-state index contributed by atoms with van der Waals surface area (Å²) in [7, 11) is 0. The van der Waals surface area contributed by atoms with Crippen molar-refractivity contribution < 1.29 is 4.79 Å². The number of nitrogens with one attached hydrogen (secondary N) is 2. The van der Waals surface area contributed by atoms with Crippen molar-refractivity contribution in [3.8, 4) is 0 Å². The average molecular weight is 270 g/mol. The van der Waals surface area contributed by atoms with Gasteiger partial charge in [0.1, 0.15) is 0 Å². The molecule has 0 radical (unpaired) electrons. The number of amides is 1. The van der Waals surface area contributed by atoms with Gasteiger partial charge in [-0.1, -0.05) is 6.07 Å². The van der Waals surface area contributed by atoms with Crippen LogP contribution in [0.1, 0.15) is 28.4 Å². The number of carbonyl (C=O) groups is 1. The Morgan fingerprint density at radius 1 is 1.45 bits per heavy atom. The lowest BCUT2D eigenvalue weighted by atomic mass is 10.1. The Labute approximate surface area is 118 Å². The van der Waals surface area contributed by atoms with Crippen LogP contribution in [0, 0.1) is 0 Å². The monoisotopic (exact) mass is 270 g/mol. The summed E-state index contributed by atoms with van der Waals surface area (Å²) in [5.74, 6) is -0.0284. The molecule has 3 rings (SSSR count). The number of carbonyl (C=O) groups excluding carboxylic acids is 1. The fourth-order valence-corrected chi connectivity index (χ4v) is 2.48. The molecule has 1 aromatic carbocycles. The highest BCUT2D eigenvalue weighted by molar-refractivity contribution is 5.94. The smallest absolute Gasteiger partial charge is 0.251 e. The number of fused-ring (bicyclic) bond motifs is 1. The van der Waals surface area contributed by atoms with Gasteiger partial charge in [0.25, 0.3) is 5.91 Å². The Balaban J connectivity index is 1.64. The van der Waals surface area contributed by atoms with Gasteiger partial charge in [-0.25, -0.2) is 0 Å². The molecule has 1 amide bonds. The van der Waals surface area contributed by atoms with E-state index in [-0.39, 0.29) is 11.9 Å². The first-order valence-corrected chi connectivity index (χ1v) is 6.83. The predicted molar refractivity (Wildman–Crippen MR) is 76.1 cm³/mol. The van der Waals surface area contributed by atoms with Gasteiger partial charge in [0.2, 0.25) is 0 Å². The molecule has 5 heteroatoms. The first-order valence-electron chi connectivity index (χ1n) is 6.83. The van der Waals surface area contributed by atoms with E-state index in [9.17, 15) is 4.79 Å². The SMILES string of the molecule is CC(Cn1cccn1)NC(=O)c1ccc2c(c1)CNC2. The summed E-state index contributed by atoms with van der Waals surface area (Å²) in [6.07, 6.45) is 3.63. The van der Waals surface area contributed by atoms with Crippen molar-refractivity contribution in [2.24, 2.45) is 0 Å². The molecule has 1 aliphatic heterocycles. The van der Waals surface area contributed by atoms with E-state index in [2.05, 4.69) is 15.7 Å². The third-order valence-electron chi connectivity index (χ3n) is 3.50. The highest BCUT2D eigenvalue weighted by Crippen LogP contribution is 2.17. The molecule has 104 valence electrons. The Kier molecular flexibility index (Phi) is 3.52. The molecule has 2 aromatic rings. The van der Waals surface area contributed by atoms with E-state index < -0.39 is 0 Å². The summed E-state index contributed by atoms with van der Waals surface area (Å²) < 4.78 is 1.82. The molecular weight excluding hydrogens is 252 g/mol. The molecule has 2 heterocycles. The topological polar surface area (TPSA) is 59.0 Å². The number of benzene rings is 1. The van der Waals surface area contributed by atoms with Crippen molar-refractivity contribution >= 4 is 5.91 Å². The molecule has 20 heavy (non-hydrogen) atoms. The van der Waals surface area contributed by atoms with Gasteiger partial charge < -0.3 is 10.6 Å². The van der Waals surface area contributed by atoms with Gasteiger partial charge in [0, 0.05) is 37.1 Å². The molecule has 1 aromatic heterocycles. The normalized spacial score (nSPS) is 14.8. The maximum Gasteiger partial charge on any atom is 0.251 e. The van der Waals surface area contributed by atoms with Crippen LogP contribution in [0.2, 0.25) is 0 Å². The molecule has 0 spiro atoms. The molecule has 0 fully saturated rings. The first kappa shape index (κ1) is 12.9. The Morgan fingerprint density at radius 3 is 3.10 bits per heavy atom. The molecule has 1 aliphatic rings. The average Bonchev–Trinajstić information content (AvgIpc) is 3.07. The fourth-order valence-electron chi connectivity index (χ4n) is 2.48. The quantitative estimate of drug-likeness (QED) is 0.880. The van der Waals surface area contributed by atoms with E-state index >= 15 is 0 Å². The Morgan fingerprint density at radius 2 is 2.30 bits per heavy atom. The highest BCUT2D eigenvalue weighted by Gasteiger charge is 2.15. The van der Waals surface area contributed by atoms with E-state index in [0.29, 0.717) is 6.54 Å². The van der Waals surface area contributed by atoms with E-state index in [1.54, 1.807) is 6.20 Å². The van der Waals surface area contributed by atoms with Gasteiger partial charge in [0.05, 0.1) is 6.54 Å². The zero-order valence-electron chi connectivity index (χ0n) is 11.5. The fraction of sp³-hybridized carbons (Fsp3) is 0.333. The number of hydrogen-bond donors (Lipinski definition) is 2. The zero-order valence-corrected chi connectivity index (χ0v) is 11.5. The summed E-state index contributed by atoms with van der Waals surface area (Å²) in [6.45, 7) is 4.39. The van der Waals surface area contributed by atoms with Gasteiger partial charge in [-0.3, -0.25) is 9.48 Å². The first-order chi connectivity index (χ1) is 9.72. The van der Waals surface area contributed by atoms with Crippen molar-refractivity contribution in [2.45, 2.75) is 32.6 Å². The van der Waals surface area contributed by atoms with Gasteiger partial charge in [0.15, 0.2) is 0 Å². The summed E-state index contributed by atoms with van der Waals surface area (Å²) in [5.41, 5.74) is 3.23. The second-order valence-electron chi connectivity index (χ2n) is 5.19. The second kappa shape index (κ2) is 5.46. The third kappa shape index (κ3) is 2.72. The van der Waals surface area contributed by atoms with Gasteiger partial charge in [-0.2, -0.15) is 5.10 Å². The lowest BCUT2D eigenvalue weighted by Crippen LogP contribution is -2.35. The highest BCUT2D eigenvalue weighted by atomic mass is 16.1. The van der Waals surface area contributed by atoms with Gasteiger partial charge in [-0.05, 0) is 36.2 Å². The van der Waals surface area contributed by atoms with Crippen LogP contribution in [0.3, 0.4) is 0 Å². The Bertz CT molecular complexity index is 606. The van der Waals surface area contributed by atoms with Gasteiger partial charge >= 0.3 is 0 Å². The minimum absolute atomic E-state index is 0.0284. The molecule has 5 nitrogen and oxygen atoms in total. The van der Waals surface area contributed by atoms with E-state index in [1.807, 2.05) is 42.1 Å². The van der Waals surface area contributed by atoms with Crippen molar-refractivity contribution in [3.63, 3.8) is 0 Å². The predicted octanol–water partition coefficient (Wildman–Crippen LogP) is 1.30. The van der Waals surface area contributed by atoms with Crippen LogP contribution in [-0.2, 0) is 19.6 Å². The van der Waals surface area contributed by atoms with Crippen LogP contribution in [0.15, 0.2) is 36.7 Å². The number of nitrogens with zero attached hydrogens (tertiary/aromatic N) is 2. The standard InChI is InChI=1S/C15H18N4O/c1-11(10-19-6-2-5-17-19)18-15(20)12-3-4-13-8-16-9-14(13)7-12/h2-7,11,16H,8-10H2,1H3,(H,18,20). The zero-order chi connectivity index (χ0) is 13.9. The summed E-state index contributed by atoms with van der Waals surface area (Å²) in [5, 5.41) is 10.4. The third-order valence-corrected chi connectivity index (χ3v) is 3.50. The Hall–Kier alpha value is -2.14. The van der Waals surface area contributed by atoms with Crippen molar-refractivity contribution in [2.75, 3.05) is 0 Å². The largest absolute Gasteiger partial charge is 0.348 e. The molecular formula is C15H18N4O. The van der Waals surface area contributed by atoms with Crippen LogP contribution in [-0.4, -0.2) is 21.7 Å². The number of rotatable bonds is 4. The van der Waals surface area contributed by atoms with Crippen LogP contribution >= 0.6 is 0 Å². The molecule has 1 unspecified atom stereocenters. The molecule has 0 saturated carbocycles. The van der Waals surface area contributed by atoms with Crippen molar-refractivity contribution in [1.82, 2.24) is 20.4 Å². The maximum atomic E-state index is 12.2. The molecule has 2 N–H and O–H groups in total. The van der Waals surface area contributed by atoms with E-state index in [4.69, 9.17) is 0 Å². The lowest BCUT2D eigenvalue weighted by molar-refractivity contribution is 0.0936. The van der Waals surface area contributed by atoms with E-state index in [0.717, 1.165) is 18.7 Å². The minimum Gasteiger partial charge on any atom is -0.348 e. The van der Waals surface area contributed by atoms with Crippen LogP contribution in [0.4, 0.5) is 0 Å². The van der Waals surface area contributed by atoms with Gasteiger partial charge in [-0.15, -0.1) is 0 Å². The minimum atomic E-state index is -0.0284. The molecule has 0 aliphatic carbocycles. The summed E-state index contributed by atoms with van der Waals surface area (Å²) in [6, 6.07) is 7.81. The number of hydrogen-bond acceptors (Lipinski definition) is 3. The maximum absolute atomic E-state index is 12.2. The number of aromatic nitrogens is 2. The van der Waals surface area contributed by atoms with Crippen LogP contribution in [0.5, 0.6) is 0 Å². The molecule has 0 saturated heterocycles. The van der Waals surface area contributed by atoms with Crippen LogP contribution < -0.4 is 10.6 Å². The van der Waals surface area contributed by atoms with Crippen molar-refractivity contribution in [1.29, 1.82) is 0 Å². The van der Waals surface area contributed by atoms with E-state index in [1.165, 1.54) is 11.1 Å². The lowest BCUT2D eigenvalue weighted by Gasteiger charge is -2.14. The summed E-state index contributed by atoms with van der Waals surface area (Å²) in [4.78, 5) is 12.2. The summed E-state index contributed by atoms with van der Waals surface area (Å²) >= 11 is 0. The second-order valence-corrected chi connectivity index (χ2v) is 5.19. The molecule has 0 bridgehead atoms. The van der Waals surface area contributed by atoms with Crippen LogP contribution in [0.25, 0.3) is 0 Å². The molecule has 1 atom stereocenters. The van der Waals surface area contributed by atoms with Crippen molar-refractivity contribution in [3.05, 3.63) is 53.3 Å².